The Morgan fingerprint density at radius 2 is 0.776 bits per heavy atom. The second-order valence-corrected chi connectivity index (χ2v) is 16.3. The van der Waals surface area contributed by atoms with Crippen LogP contribution in [0.25, 0.3) is 56.4 Å². The molecular formula is C55H41N3. The number of benzene rings is 7. The molecule has 3 heteroatoms. The molecule has 1 heterocycles. The molecule has 0 aliphatic heterocycles. The molecule has 7 aromatic carbocycles. The minimum Gasteiger partial charge on any atom is -0.208 e. The zero-order valence-corrected chi connectivity index (χ0v) is 32.5. The molecule has 0 saturated heterocycles. The van der Waals surface area contributed by atoms with Crippen LogP contribution in [0.2, 0.25) is 0 Å². The van der Waals surface area contributed by atoms with Gasteiger partial charge in [-0.25, -0.2) is 15.0 Å². The maximum Gasteiger partial charge on any atom is 0.164 e. The molecule has 0 saturated carbocycles. The van der Waals surface area contributed by atoms with E-state index in [2.05, 4.69) is 190 Å². The van der Waals surface area contributed by atoms with Crippen molar-refractivity contribution in [3.8, 4) is 56.4 Å². The van der Waals surface area contributed by atoms with Crippen LogP contribution in [0, 0.1) is 5.92 Å². The highest BCUT2D eigenvalue weighted by Crippen LogP contribution is 2.65. The molecule has 1 aromatic heterocycles. The number of allylic oxidation sites excluding steroid dienone is 4. The van der Waals surface area contributed by atoms with Crippen molar-refractivity contribution in [2.45, 2.75) is 30.6 Å². The summed E-state index contributed by atoms with van der Waals surface area (Å²) in [5, 5.41) is 0. The Labute approximate surface area is 340 Å². The summed E-state index contributed by atoms with van der Waals surface area (Å²) < 4.78 is 0. The first-order chi connectivity index (χ1) is 28.5. The molecule has 1 spiro atoms. The highest BCUT2D eigenvalue weighted by atomic mass is 15.0. The van der Waals surface area contributed by atoms with Gasteiger partial charge in [-0.3, -0.25) is 0 Å². The Bertz CT molecular complexity index is 2860. The van der Waals surface area contributed by atoms with Gasteiger partial charge in [0, 0.05) is 33.9 Å². The summed E-state index contributed by atoms with van der Waals surface area (Å²) in [6.45, 7) is 4.78. The van der Waals surface area contributed by atoms with Crippen LogP contribution in [0.3, 0.4) is 0 Å². The molecule has 0 N–H and O–H groups in total. The summed E-state index contributed by atoms with van der Waals surface area (Å²) >= 11 is 0. The third-order valence-corrected chi connectivity index (χ3v) is 12.9. The van der Waals surface area contributed by atoms with Crippen molar-refractivity contribution in [1.82, 2.24) is 15.0 Å². The van der Waals surface area contributed by atoms with Crippen molar-refractivity contribution in [2.75, 3.05) is 0 Å². The van der Waals surface area contributed by atoms with E-state index in [0.717, 1.165) is 22.3 Å². The molecule has 11 rings (SSSR count). The van der Waals surface area contributed by atoms with Crippen LogP contribution in [-0.4, -0.2) is 15.0 Å². The lowest BCUT2D eigenvalue weighted by Crippen LogP contribution is -2.44. The van der Waals surface area contributed by atoms with Crippen molar-refractivity contribution >= 4 is 0 Å². The first-order valence-electron chi connectivity index (χ1n) is 20.3. The van der Waals surface area contributed by atoms with Crippen LogP contribution in [-0.2, 0) is 10.8 Å². The number of aromatic nitrogens is 3. The number of hydrogen-bond donors (Lipinski definition) is 0. The van der Waals surface area contributed by atoms with E-state index >= 15 is 0 Å². The molecule has 3 nitrogen and oxygen atoms in total. The SMILES string of the molecule is CC1(C)c2ccccc2C2(c3ccccc31)c1cccc(-c3ccc(-c4nc(-c5ccccc5)nc(-c5ccc(-c6ccccc6)cc5)n4)cc3)c1C1C=CC=CC12. The highest BCUT2D eigenvalue weighted by Gasteiger charge is 2.58. The minimum atomic E-state index is -0.311. The van der Waals surface area contributed by atoms with Gasteiger partial charge in [-0.2, -0.15) is 0 Å². The van der Waals surface area contributed by atoms with Gasteiger partial charge in [-0.05, 0) is 55.6 Å². The fourth-order valence-corrected chi connectivity index (χ4v) is 10.3. The van der Waals surface area contributed by atoms with E-state index in [1.165, 1.54) is 50.1 Å². The van der Waals surface area contributed by atoms with Crippen LogP contribution in [0.1, 0.15) is 53.1 Å². The fraction of sp³-hybridized carbons (Fsp3) is 0.109. The average Bonchev–Trinajstić information content (AvgIpc) is 3.60. The zero-order chi connectivity index (χ0) is 38.8. The smallest absolute Gasteiger partial charge is 0.164 e. The van der Waals surface area contributed by atoms with Crippen molar-refractivity contribution in [1.29, 1.82) is 0 Å². The van der Waals surface area contributed by atoms with E-state index in [1.807, 2.05) is 24.3 Å². The van der Waals surface area contributed by atoms with Crippen molar-refractivity contribution in [2.24, 2.45) is 5.92 Å². The summed E-state index contributed by atoms with van der Waals surface area (Å²) in [4.78, 5) is 15.1. The van der Waals surface area contributed by atoms with Crippen molar-refractivity contribution in [3.05, 3.63) is 234 Å². The van der Waals surface area contributed by atoms with Gasteiger partial charge in [-0.15, -0.1) is 0 Å². The van der Waals surface area contributed by atoms with E-state index in [9.17, 15) is 0 Å². The number of fused-ring (bicyclic) bond motifs is 9. The topological polar surface area (TPSA) is 38.7 Å². The van der Waals surface area contributed by atoms with Gasteiger partial charge < -0.3 is 0 Å². The van der Waals surface area contributed by atoms with Crippen LogP contribution in [0.5, 0.6) is 0 Å². The lowest BCUT2D eigenvalue weighted by atomic mass is 9.53. The summed E-state index contributed by atoms with van der Waals surface area (Å²) in [5.41, 5.74) is 15.7. The zero-order valence-electron chi connectivity index (χ0n) is 32.5. The average molecular weight is 744 g/mol. The molecule has 58 heavy (non-hydrogen) atoms. The Morgan fingerprint density at radius 1 is 0.362 bits per heavy atom. The van der Waals surface area contributed by atoms with Crippen LogP contribution in [0.15, 0.2) is 200 Å². The Balaban J connectivity index is 1.03. The van der Waals surface area contributed by atoms with Crippen molar-refractivity contribution < 1.29 is 0 Å². The first-order valence-corrected chi connectivity index (χ1v) is 20.3. The third-order valence-electron chi connectivity index (χ3n) is 12.9. The lowest BCUT2D eigenvalue weighted by Gasteiger charge is -2.49. The van der Waals surface area contributed by atoms with Gasteiger partial charge in [0.25, 0.3) is 0 Å². The van der Waals surface area contributed by atoms with Gasteiger partial charge in [0.2, 0.25) is 0 Å². The van der Waals surface area contributed by atoms with Gasteiger partial charge in [0.15, 0.2) is 17.5 Å². The molecule has 0 amide bonds. The number of hydrogen-bond acceptors (Lipinski definition) is 3. The minimum absolute atomic E-state index is 0.112. The second-order valence-electron chi connectivity index (χ2n) is 16.3. The molecule has 0 bridgehead atoms. The van der Waals surface area contributed by atoms with E-state index in [-0.39, 0.29) is 22.7 Å². The van der Waals surface area contributed by atoms with E-state index in [0.29, 0.717) is 17.5 Å². The summed E-state index contributed by atoms with van der Waals surface area (Å²) in [7, 11) is 0. The molecule has 2 unspecified atom stereocenters. The highest BCUT2D eigenvalue weighted by molar-refractivity contribution is 5.80. The maximum absolute atomic E-state index is 5.09. The number of nitrogens with zero attached hydrogens (tertiary/aromatic N) is 3. The normalized spacial score (nSPS) is 17.6. The van der Waals surface area contributed by atoms with Crippen LogP contribution < -0.4 is 0 Å². The Kier molecular flexibility index (Phi) is 7.87. The second kappa shape index (κ2) is 13.3. The summed E-state index contributed by atoms with van der Waals surface area (Å²) in [6, 6.07) is 63.4. The predicted octanol–water partition coefficient (Wildman–Crippen LogP) is 13.0. The molecule has 0 fully saturated rings. The van der Waals surface area contributed by atoms with Crippen LogP contribution in [0.4, 0.5) is 0 Å². The molecule has 3 aliphatic rings. The summed E-state index contributed by atoms with van der Waals surface area (Å²) in [5.74, 6) is 2.43. The lowest BCUT2D eigenvalue weighted by molar-refractivity contribution is 0.420. The Morgan fingerprint density at radius 3 is 1.34 bits per heavy atom. The van der Waals surface area contributed by atoms with Crippen LogP contribution >= 0.6 is 0 Å². The Hall–Kier alpha value is -6.97. The standard InChI is InChI=1S/C55H41N3/c1-54(2)45-23-11-13-25-47(45)55(48-26-14-12-24-46(48)54)44-22-10-9-20-43(44)50-42(21-15-27-49(50)55)38-30-34-41(35-31-38)53-57-51(39-18-7-4-8-19-39)56-52(58-53)40-32-28-37(29-33-40)36-16-5-3-6-17-36/h3-35,43-44H,1-2H3. The van der Waals surface area contributed by atoms with Gasteiger partial charge in [0.1, 0.15) is 0 Å². The van der Waals surface area contributed by atoms with E-state index in [1.54, 1.807) is 0 Å². The largest absolute Gasteiger partial charge is 0.208 e. The summed E-state index contributed by atoms with van der Waals surface area (Å²) in [6.07, 6.45) is 9.41. The molecule has 0 radical (unpaired) electrons. The van der Waals surface area contributed by atoms with Crippen molar-refractivity contribution in [3.63, 3.8) is 0 Å². The van der Waals surface area contributed by atoms with E-state index < -0.39 is 0 Å². The maximum atomic E-state index is 5.09. The molecule has 3 aliphatic carbocycles. The monoisotopic (exact) mass is 743 g/mol. The fourth-order valence-electron chi connectivity index (χ4n) is 10.3. The molecule has 276 valence electrons. The predicted molar refractivity (Wildman–Crippen MR) is 236 cm³/mol. The van der Waals surface area contributed by atoms with E-state index in [4.69, 9.17) is 15.0 Å². The molecule has 8 aromatic rings. The molecular weight excluding hydrogens is 703 g/mol. The van der Waals surface area contributed by atoms with Gasteiger partial charge in [-0.1, -0.05) is 214 Å². The third kappa shape index (κ3) is 5.16. The molecule has 2 atom stereocenters. The first kappa shape index (κ1) is 34.3. The van der Waals surface area contributed by atoms with Gasteiger partial charge >= 0.3 is 0 Å². The van der Waals surface area contributed by atoms with Gasteiger partial charge in [0.05, 0.1) is 5.41 Å². The number of rotatable bonds is 5. The quantitative estimate of drug-likeness (QED) is 0.176.